The van der Waals surface area contributed by atoms with E-state index in [2.05, 4.69) is 32.7 Å². The highest BCUT2D eigenvalue weighted by molar-refractivity contribution is 9.10. The number of benzene rings is 1. The fourth-order valence-electron chi connectivity index (χ4n) is 2.63. The van der Waals surface area contributed by atoms with Gasteiger partial charge < -0.3 is 5.32 Å². The topological polar surface area (TPSA) is 15.3 Å². The molecule has 1 atom stereocenters. The van der Waals surface area contributed by atoms with Crippen LogP contribution in [-0.4, -0.2) is 31.1 Å². The van der Waals surface area contributed by atoms with E-state index in [0.717, 1.165) is 32.6 Å². The summed E-state index contributed by atoms with van der Waals surface area (Å²) in [6, 6.07) is 2.50. The summed E-state index contributed by atoms with van der Waals surface area (Å²) >= 11 is 3.15. The van der Waals surface area contributed by atoms with Gasteiger partial charge in [-0.3, -0.25) is 4.90 Å². The molecule has 22 heavy (non-hydrogen) atoms. The van der Waals surface area contributed by atoms with Gasteiger partial charge >= 0.3 is 0 Å². The van der Waals surface area contributed by atoms with Gasteiger partial charge in [-0.1, -0.05) is 6.08 Å². The number of allylic oxidation sites excluding steroid dienone is 1. The molecule has 0 aliphatic carbocycles. The number of nitrogens with one attached hydrogen (secondary N) is 1. The van der Waals surface area contributed by atoms with Crippen molar-refractivity contribution >= 4 is 40.7 Å². The Morgan fingerprint density at radius 2 is 1.91 bits per heavy atom. The van der Waals surface area contributed by atoms with E-state index >= 15 is 0 Å². The number of hydrogen-bond donors (Lipinski definition) is 1. The standard InChI is InChI=1S/C15H19BrF2N2.2ClH/c1-2-3-4-13(20-9-7-19-8-10-20)14-12(17)6-5-11(16)15(14)18;;/h2,5-6,13,19H,1,3-4,7-10H2;2*1H/t13-;;/m1../s1. The third kappa shape index (κ3) is 5.17. The zero-order valence-electron chi connectivity index (χ0n) is 12.2. The molecule has 1 heterocycles. The SMILES string of the molecule is C=CCC[C@H](c1c(F)ccc(Br)c1F)N1CCNCC1.Cl.Cl. The highest BCUT2D eigenvalue weighted by Gasteiger charge is 2.27. The molecule has 126 valence electrons. The molecular weight excluding hydrogens is 397 g/mol. The Bertz CT molecular complexity index is 483. The fraction of sp³-hybridized carbons (Fsp3) is 0.467. The van der Waals surface area contributed by atoms with E-state index in [1.165, 1.54) is 12.1 Å². The quantitative estimate of drug-likeness (QED) is 0.561. The van der Waals surface area contributed by atoms with Crippen LogP contribution in [0.5, 0.6) is 0 Å². The van der Waals surface area contributed by atoms with Gasteiger partial charge in [0.2, 0.25) is 0 Å². The molecule has 1 N–H and O–H groups in total. The molecule has 2 nitrogen and oxygen atoms in total. The van der Waals surface area contributed by atoms with Gasteiger partial charge in [0.05, 0.1) is 4.47 Å². The summed E-state index contributed by atoms with van der Waals surface area (Å²) in [5.74, 6) is -0.962. The second kappa shape index (κ2) is 10.6. The lowest BCUT2D eigenvalue weighted by molar-refractivity contribution is 0.159. The first-order valence-electron chi connectivity index (χ1n) is 6.84. The van der Waals surface area contributed by atoms with Crippen LogP contribution in [0.15, 0.2) is 29.3 Å². The average molecular weight is 418 g/mol. The predicted octanol–water partition coefficient (Wildman–Crippen LogP) is 4.48. The summed E-state index contributed by atoms with van der Waals surface area (Å²) in [4.78, 5) is 2.15. The molecular formula is C15H21BrCl2F2N2. The molecule has 1 aromatic carbocycles. The van der Waals surface area contributed by atoms with Crippen LogP contribution in [0, 0.1) is 11.6 Å². The minimum atomic E-state index is -0.488. The minimum Gasteiger partial charge on any atom is -0.314 e. The normalized spacial score (nSPS) is 16.3. The van der Waals surface area contributed by atoms with E-state index in [9.17, 15) is 8.78 Å². The Labute approximate surface area is 151 Å². The largest absolute Gasteiger partial charge is 0.314 e. The maximum absolute atomic E-state index is 14.3. The van der Waals surface area contributed by atoms with E-state index in [1.54, 1.807) is 6.08 Å². The van der Waals surface area contributed by atoms with Crippen molar-refractivity contribution in [1.82, 2.24) is 10.2 Å². The van der Waals surface area contributed by atoms with Crippen molar-refractivity contribution in [2.45, 2.75) is 18.9 Å². The van der Waals surface area contributed by atoms with Crippen LogP contribution in [0.25, 0.3) is 0 Å². The Morgan fingerprint density at radius 3 is 2.50 bits per heavy atom. The van der Waals surface area contributed by atoms with Crippen molar-refractivity contribution in [3.05, 3.63) is 46.5 Å². The van der Waals surface area contributed by atoms with E-state index in [4.69, 9.17) is 0 Å². The molecule has 0 amide bonds. The third-order valence-electron chi connectivity index (χ3n) is 3.65. The first-order valence-corrected chi connectivity index (χ1v) is 7.63. The van der Waals surface area contributed by atoms with Gasteiger partial charge in [0.25, 0.3) is 0 Å². The molecule has 0 bridgehead atoms. The minimum absolute atomic E-state index is 0. The number of nitrogens with zero attached hydrogens (tertiary/aromatic N) is 1. The average Bonchev–Trinajstić information content (AvgIpc) is 2.47. The number of halogens is 5. The number of hydrogen-bond acceptors (Lipinski definition) is 2. The molecule has 1 fully saturated rings. The second-order valence-electron chi connectivity index (χ2n) is 4.92. The lowest BCUT2D eigenvalue weighted by atomic mass is 9.98. The van der Waals surface area contributed by atoms with Crippen LogP contribution in [0.2, 0.25) is 0 Å². The van der Waals surface area contributed by atoms with Gasteiger partial charge in [-0.2, -0.15) is 0 Å². The smallest absolute Gasteiger partial charge is 0.145 e. The lowest BCUT2D eigenvalue weighted by Gasteiger charge is -2.35. The molecule has 1 aliphatic rings. The van der Waals surface area contributed by atoms with Crippen LogP contribution in [0.1, 0.15) is 24.4 Å². The zero-order valence-corrected chi connectivity index (χ0v) is 15.4. The lowest BCUT2D eigenvalue weighted by Crippen LogP contribution is -2.45. The van der Waals surface area contributed by atoms with Gasteiger partial charge in [0.1, 0.15) is 11.6 Å². The summed E-state index contributed by atoms with van der Waals surface area (Å²) in [5, 5.41) is 3.26. The second-order valence-corrected chi connectivity index (χ2v) is 5.78. The summed E-state index contributed by atoms with van der Waals surface area (Å²) < 4.78 is 28.8. The maximum Gasteiger partial charge on any atom is 0.145 e. The van der Waals surface area contributed by atoms with E-state index in [0.29, 0.717) is 10.9 Å². The zero-order chi connectivity index (χ0) is 14.5. The Kier molecular flexibility index (Phi) is 10.5. The van der Waals surface area contributed by atoms with Gasteiger partial charge in [-0.05, 0) is 40.9 Å². The van der Waals surface area contributed by atoms with E-state index < -0.39 is 11.6 Å². The van der Waals surface area contributed by atoms with Gasteiger partial charge in [0, 0.05) is 37.8 Å². The van der Waals surface area contributed by atoms with E-state index in [1.807, 2.05) is 0 Å². The predicted molar refractivity (Wildman–Crippen MR) is 95.2 cm³/mol. The molecule has 0 aromatic heterocycles. The van der Waals surface area contributed by atoms with Gasteiger partial charge in [-0.15, -0.1) is 31.4 Å². The molecule has 0 spiro atoms. The molecule has 7 heteroatoms. The highest BCUT2D eigenvalue weighted by atomic mass is 79.9. The fourth-order valence-corrected chi connectivity index (χ4v) is 2.97. The molecule has 2 rings (SSSR count). The van der Waals surface area contributed by atoms with Crippen molar-refractivity contribution in [3.8, 4) is 0 Å². The maximum atomic E-state index is 14.3. The van der Waals surface area contributed by atoms with Crippen LogP contribution >= 0.6 is 40.7 Å². The first-order chi connectivity index (χ1) is 9.65. The van der Waals surface area contributed by atoms with Gasteiger partial charge in [-0.25, -0.2) is 8.78 Å². The molecule has 0 saturated carbocycles. The molecule has 0 radical (unpaired) electrons. The summed E-state index contributed by atoms with van der Waals surface area (Å²) in [7, 11) is 0. The van der Waals surface area contributed by atoms with E-state index in [-0.39, 0.29) is 36.4 Å². The summed E-state index contributed by atoms with van der Waals surface area (Å²) in [5.41, 5.74) is 0.170. The molecule has 1 aliphatic heterocycles. The van der Waals surface area contributed by atoms with Crippen molar-refractivity contribution in [3.63, 3.8) is 0 Å². The third-order valence-corrected chi connectivity index (χ3v) is 4.26. The Morgan fingerprint density at radius 1 is 1.27 bits per heavy atom. The summed E-state index contributed by atoms with van der Waals surface area (Å²) in [6.07, 6.45) is 3.21. The van der Waals surface area contributed by atoms with Crippen molar-refractivity contribution in [1.29, 1.82) is 0 Å². The first kappa shape index (κ1) is 21.8. The van der Waals surface area contributed by atoms with Crippen LogP contribution in [0.3, 0.4) is 0 Å². The molecule has 0 unspecified atom stereocenters. The molecule has 1 saturated heterocycles. The number of piperazine rings is 1. The Hall–Kier alpha value is -0.200. The van der Waals surface area contributed by atoms with Gasteiger partial charge in [0.15, 0.2) is 0 Å². The summed E-state index contributed by atoms with van der Waals surface area (Å²) in [6.45, 7) is 7.00. The monoisotopic (exact) mass is 416 g/mol. The highest BCUT2D eigenvalue weighted by Crippen LogP contribution is 2.33. The van der Waals surface area contributed by atoms with Crippen LogP contribution in [0.4, 0.5) is 8.78 Å². The van der Waals surface area contributed by atoms with Crippen LogP contribution < -0.4 is 5.32 Å². The van der Waals surface area contributed by atoms with Crippen LogP contribution in [-0.2, 0) is 0 Å². The Balaban J connectivity index is 0.00000220. The van der Waals surface area contributed by atoms with Crippen molar-refractivity contribution in [2.24, 2.45) is 0 Å². The van der Waals surface area contributed by atoms with Crippen molar-refractivity contribution < 1.29 is 8.78 Å². The molecule has 1 aromatic rings. The van der Waals surface area contributed by atoms with Crippen molar-refractivity contribution in [2.75, 3.05) is 26.2 Å². The number of rotatable bonds is 5.